The van der Waals surface area contributed by atoms with Crippen molar-refractivity contribution in [3.05, 3.63) is 24.3 Å². The number of carbonyl (C=O) groups excluding carboxylic acids is 1. The smallest absolute Gasteiger partial charge is 0.312 e. The van der Waals surface area contributed by atoms with E-state index < -0.39 is 27.6 Å². The Bertz CT molecular complexity index is 617. The molecule has 2 rings (SSSR count). The second kappa shape index (κ2) is 5.65. The summed E-state index contributed by atoms with van der Waals surface area (Å²) in [6.45, 7) is 3.35. The Labute approximate surface area is 124 Å². The largest absolute Gasteiger partial charge is 0.497 e. The fourth-order valence-corrected chi connectivity index (χ4v) is 3.13. The van der Waals surface area contributed by atoms with Gasteiger partial charge in [0.05, 0.1) is 24.5 Å². The molecule has 116 valence electrons. The Morgan fingerprint density at radius 3 is 2.38 bits per heavy atom. The normalized spacial score (nSPS) is 21.1. The molecule has 0 N–H and O–H groups in total. The lowest BCUT2D eigenvalue weighted by molar-refractivity contribution is -0.148. The minimum atomic E-state index is -3.90. The summed E-state index contributed by atoms with van der Waals surface area (Å²) in [6.07, 6.45) is 0.434. The summed E-state index contributed by atoms with van der Waals surface area (Å²) in [7, 11) is -2.40. The van der Waals surface area contributed by atoms with Crippen molar-refractivity contribution in [3.8, 4) is 5.75 Å². The molecule has 21 heavy (non-hydrogen) atoms. The summed E-state index contributed by atoms with van der Waals surface area (Å²) in [5.74, 6) is -0.437. The first-order chi connectivity index (χ1) is 9.73. The molecule has 1 saturated heterocycles. The summed E-state index contributed by atoms with van der Waals surface area (Å²) in [5.41, 5.74) is -0.574. The molecule has 1 aromatic carbocycles. The van der Waals surface area contributed by atoms with Crippen molar-refractivity contribution >= 4 is 16.1 Å². The Morgan fingerprint density at radius 2 is 1.90 bits per heavy atom. The Balaban J connectivity index is 2.03. The number of benzene rings is 1. The van der Waals surface area contributed by atoms with E-state index in [1.54, 1.807) is 13.8 Å². The van der Waals surface area contributed by atoms with Crippen molar-refractivity contribution in [2.45, 2.75) is 30.8 Å². The highest BCUT2D eigenvalue weighted by molar-refractivity contribution is 7.86. The van der Waals surface area contributed by atoms with Crippen molar-refractivity contribution in [2.24, 2.45) is 5.92 Å². The van der Waals surface area contributed by atoms with Gasteiger partial charge in [-0.3, -0.25) is 8.98 Å². The minimum Gasteiger partial charge on any atom is -0.497 e. The molecule has 1 aliphatic heterocycles. The lowest BCUT2D eigenvalue weighted by Crippen LogP contribution is -2.19. The van der Waals surface area contributed by atoms with Gasteiger partial charge in [-0.15, -0.1) is 0 Å². The van der Waals surface area contributed by atoms with Crippen molar-refractivity contribution in [1.29, 1.82) is 0 Å². The zero-order valence-electron chi connectivity index (χ0n) is 12.2. The predicted molar refractivity (Wildman–Crippen MR) is 74.4 cm³/mol. The average molecular weight is 314 g/mol. The van der Waals surface area contributed by atoms with E-state index in [1.165, 1.54) is 31.4 Å². The third-order valence-electron chi connectivity index (χ3n) is 3.22. The van der Waals surface area contributed by atoms with Gasteiger partial charge in [0.25, 0.3) is 10.1 Å². The maximum atomic E-state index is 12.0. The average Bonchev–Trinajstić information content (AvgIpc) is 2.69. The number of carbonyl (C=O) groups is 1. The summed E-state index contributed by atoms with van der Waals surface area (Å²) >= 11 is 0. The molecule has 1 aromatic rings. The van der Waals surface area contributed by atoms with E-state index in [1.807, 2.05) is 0 Å². The lowest BCUT2D eigenvalue weighted by atomic mass is 9.98. The maximum Gasteiger partial charge on any atom is 0.312 e. The zero-order valence-corrected chi connectivity index (χ0v) is 13.0. The molecule has 0 saturated carbocycles. The fraction of sp³-hybridized carbons (Fsp3) is 0.500. The second-order valence-corrected chi connectivity index (χ2v) is 7.11. The molecule has 1 atom stereocenters. The highest BCUT2D eigenvalue weighted by atomic mass is 32.2. The number of hydrogen-bond acceptors (Lipinski definition) is 6. The van der Waals surface area contributed by atoms with Crippen molar-refractivity contribution in [3.63, 3.8) is 0 Å². The van der Waals surface area contributed by atoms with Gasteiger partial charge < -0.3 is 9.47 Å². The van der Waals surface area contributed by atoms with Crippen LogP contribution in [0.4, 0.5) is 0 Å². The van der Waals surface area contributed by atoms with E-state index in [9.17, 15) is 13.2 Å². The van der Waals surface area contributed by atoms with Crippen LogP contribution in [0.5, 0.6) is 5.75 Å². The van der Waals surface area contributed by atoms with Crippen molar-refractivity contribution < 1.29 is 26.9 Å². The van der Waals surface area contributed by atoms with Crippen LogP contribution in [0.1, 0.15) is 20.3 Å². The van der Waals surface area contributed by atoms with Crippen LogP contribution in [0.25, 0.3) is 0 Å². The van der Waals surface area contributed by atoms with Gasteiger partial charge in [0.15, 0.2) is 0 Å². The lowest BCUT2D eigenvalue weighted by Gasteiger charge is -2.14. The van der Waals surface area contributed by atoms with Gasteiger partial charge in [-0.25, -0.2) is 0 Å². The summed E-state index contributed by atoms with van der Waals surface area (Å²) in [5, 5.41) is 0. The van der Waals surface area contributed by atoms with Gasteiger partial charge in [0.1, 0.15) is 11.4 Å². The van der Waals surface area contributed by atoms with Gasteiger partial charge in [0, 0.05) is 6.42 Å². The fourth-order valence-electron chi connectivity index (χ4n) is 2.18. The molecule has 1 fully saturated rings. The number of cyclic esters (lactones) is 1. The molecular formula is C14H18O6S. The highest BCUT2D eigenvalue weighted by Gasteiger charge is 2.40. The van der Waals surface area contributed by atoms with Crippen LogP contribution < -0.4 is 4.74 Å². The van der Waals surface area contributed by atoms with Crippen molar-refractivity contribution in [2.75, 3.05) is 13.7 Å². The maximum absolute atomic E-state index is 12.0. The minimum absolute atomic E-state index is 0.0222. The van der Waals surface area contributed by atoms with E-state index in [0.29, 0.717) is 12.2 Å². The number of ether oxygens (including phenoxy) is 2. The first kappa shape index (κ1) is 15.8. The van der Waals surface area contributed by atoms with E-state index in [2.05, 4.69) is 0 Å². The molecule has 1 unspecified atom stereocenters. The van der Waals surface area contributed by atoms with Gasteiger partial charge in [-0.05, 0) is 38.1 Å². The van der Waals surface area contributed by atoms with E-state index >= 15 is 0 Å². The van der Waals surface area contributed by atoms with Crippen LogP contribution in [0.3, 0.4) is 0 Å². The topological polar surface area (TPSA) is 78.9 Å². The van der Waals surface area contributed by atoms with Crippen LogP contribution >= 0.6 is 0 Å². The summed E-state index contributed by atoms with van der Waals surface area (Å²) in [4.78, 5) is 11.6. The standard InChI is InChI=1S/C14H18O6S/c1-14(2)8-10(13(15)20-14)9-19-21(16,17)12-6-4-11(18-3)5-7-12/h4-7,10H,8-9H2,1-3H3. The molecule has 6 nitrogen and oxygen atoms in total. The number of rotatable bonds is 5. The van der Waals surface area contributed by atoms with Gasteiger partial charge in [0.2, 0.25) is 0 Å². The molecule has 0 aliphatic carbocycles. The van der Waals surface area contributed by atoms with Gasteiger partial charge in [-0.1, -0.05) is 0 Å². The van der Waals surface area contributed by atoms with E-state index in [-0.39, 0.29) is 11.5 Å². The Kier molecular flexibility index (Phi) is 4.25. The number of esters is 1. The summed E-state index contributed by atoms with van der Waals surface area (Å²) in [6, 6.07) is 5.85. The first-order valence-corrected chi connectivity index (χ1v) is 7.91. The van der Waals surface area contributed by atoms with Crippen LogP contribution in [-0.4, -0.2) is 33.7 Å². The van der Waals surface area contributed by atoms with Crippen LogP contribution in [-0.2, 0) is 23.8 Å². The third-order valence-corrected chi connectivity index (χ3v) is 4.52. The van der Waals surface area contributed by atoms with Gasteiger partial charge >= 0.3 is 5.97 Å². The Hall–Kier alpha value is -1.60. The number of methoxy groups -OCH3 is 1. The SMILES string of the molecule is COc1ccc(S(=O)(=O)OCC2CC(C)(C)OC2=O)cc1. The van der Waals surface area contributed by atoms with Crippen LogP contribution in [0.2, 0.25) is 0 Å². The molecule has 0 amide bonds. The highest BCUT2D eigenvalue weighted by Crippen LogP contribution is 2.31. The van der Waals surface area contributed by atoms with Crippen molar-refractivity contribution in [1.82, 2.24) is 0 Å². The van der Waals surface area contributed by atoms with E-state index in [0.717, 1.165) is 0 Å². The number of hydrogen-bond donors (Lipinski definition) is 0. The molecular weight excluding hydrogens is 296 g/mol. The van der Waals surface area contributed by atoms with Gasteiger partial charge in [-0.2, -0.15) is 8.42 Å². The van der Waals surface area contributed by atoms with Crippen LogP contribution in [0, 0.1) is 5.92 Å². The zero-order chi connectivity index (χ0) is 15.7. The third kappa shape index (κ3) is 3.74. The molecule has 1 aliphatic rings. The van der Waals surface area contributed by atoms with Crippen LogP contribution in [0.15, 0.2) is 29.2 Å². The first-order valence-electron chi connectivity index (χ1n) is 6.50. The molecule has 7 heteroatoms. The molecule has 0 spiro atoms. The second-order valence-electron chi connectivity index (χ2n) is 5.50. The monoisotopic (exact) mass is 314 g/mol. The molecule has 0 radical (unpaired) electrons. The molecule has 0 aromatic heterocycles. The Morgan fingerprint density at radius 1 is 1.29 bits per heavy atom. The summed E-state index contributed by atoms with van der Waals surface area (Å²) < 4.78 is 39.1. The quantitative estimate of drug-likeness (QED) is 0.608. The van der Waals surface area contributed by atoms with E-state index in [4.69, 9.17) is 13.7 Å². The predicted octanol–water partition coefficient (Wildman–Crippen LogP) is 1.74. The molecule has 0 bridgehead atoms. The molecule has 1 heterocycles.